The molecule has 2 aromatic rings. The zero-order valence-corrected chi connectivity index (χ0v) is 18.2. The van der Waals surface area contributed by atoms with Crippen molar-refractivity contribution in [3.05, 3.63) is 69.8 Å². The summed E-state index contributed by atoms with van der Waals surface area (Å²) in [5, 5.41) is 0. The quantitative estimate of drug-likeness (QED) is 0.473. The lowest BCUT2D eigenvalue weighted by molar-refractivity contribution is 0.588. The predicted molar refractivity (Wildman–Crippen MR) is 117 cm³/mol. The minimum Gasteiger partial charge on any atom is -0.0613 e. The maximum atomic E-state index is 2.48. The lowest BCUT2D eigenvalue weighted by Gasteiger charge is -2.24. The van der Waals surface area contributed by atoms with Gasteiger partial charge in [-0.25, -0.2) is 0 Å². The van der Waals surface area contributed by atoms with Gasteiger partial charge in [-0.1, -0.05) is 84.9 Å². The van der Waals surface area contributed by atoms with Gasteiger partial charge < -0.3 is 0 Å². The highest BCUT2D eigenvalue weighted by Crippen LogP contribution is 2.36. The van der Waals surface area contributed by atoms with Crippen LogP contribution >= 0.6 is 0 Å². The molecule has 0 heterocycles. The van der Waals surface area contributed by atoms with Gasteiger partial charge in [0.15, 0.2) is 0 Å². The number of benzene rings is 2. The fourth-order valence-electron chi connectivity index (χ4n) is 4.10. The molecule has 0 aliphatic carbocycles. The van der Waals surface area contributed by atoms with Crippen LogP contribution in [-0.4, -0.2) is 0 Å². The fraction of sp³-hybridized carbons (Fsp3) is 0.538. The number of hydrogen-bond donors (Lipinski definition) is 0. The first-order chi connectivity index (χ1) is 12.2. The fourth-order valence-corrected chi connectivity index (χ4v) is 4.10. The first-order valence-electron chi connectivity index (χ1n) is 10.5. The largest absolute Gasteiger partial charge is 0.0613 e. The summed E-state index contributed by atoms with van der Waals surface area (Å²) >= 11 is 0. The molecule has 0 fully saturated rings. The van der Waals surface area contributed by atoms with Crippen molar-refractivity contribution in [1.29, 1.82) is 0 Å². The molecule has 0 saturated heterocycles. The molecule has 0 amide bonds. The van der Waals surface area contributed by atoms with Crippen LogP contribution in [0.15, 0.2) is 36.4 Å². The maximum absolute atomic E-state index is 2.48. The van der Waals surface area contributed by atoms with E-state index in [0.29, 0.717) is 23.7 Å². The molecular formula is C26H38. The van der Waals surface area contributed by atoms with Crippen LogP contribution < -0.4 is 0 Å². The molecule has 0 heteroatoms. The van der Waals surface area contributed by atoms with Crippen molar-refractivity contribution in [3.63, 3.8) is 0 Å². The molecular weight excluding hydrogens is 312 g/mol. The molecule has 2 unspecified atom stereocenters. The van der Waals surface area contributed by atoms with Crippen LogP contribution in [0.4, 0.5) is 0 Å². The SMILES string of the molecule is CCc1ccc(C(C)CC(C)c2cc(C(C)C)cc(C(C)C)c2C)cc1. The Morgan fingerprint density at radius 2 is 1.27 bits per heavy atom. The van der Waals surface area contributed by atoms with Crippen molar-refractivity contribution >= 4 is 0 Å². The van der Waals surface area contributed by atoms with E-state index in [1.165, 1.54) is 34.2 Å². The molecule has 142 valence electrons. The molecule has 26 heavy (non-hydrogen) atoms. The number of rotatable bonds is 7. The molecule has 2 rings (SSSR count). The summed E-state index contributed by atoms with van der Waals surface area (Å²) in [6, 6.07) is 14.1. The Kier molecular flexibility index (Phi) is 7.09. The van der Waals surface area contributed by atoms with E-state index in [0.717, 1.165) is 6.42 Å². The second-order valence-electron chi connectivity index (χ2n) is 8.77. The zero-order valence-electron chi connectivity index (χ0n) is 18.2. The van der Waals surface area contributed by atoms with Crippen molar-refractivity contribution in [2.45, 2.75) is 91.9 Å². The van der Waals surface area contributed by atoms with E-state index in [4.69, 9.17) is 0 Å². The third-order valence-corrected chi connectivity index (χ3v) is 5.99. The normalized spacial score (nSPS) is 14.1. The summed E-state index contributed by atoms with van der Waals surface area (Å²) in [6.45, 7) is 18.6. The maximum Gasteiger partial charge on any atom is -0.0182 e. The summed E-state index contributed by atoms with van der Waals surface area (Å²) in [5.41, 5.74) is 8.97. The Morgan fingerprint density at radius 3 is 1.77 bits per heavy atom. The van der Waals surface area contributed by atoms with Gasteiger partial charge in [-0.15, -0.1) is 0 Å². The number of hydrogen-bond acceptors (Lipinski definition) is 0. The van der Waals surface area contributed by atoms with Crippen molar-refractivity contribution in [1.82, 2.24) is 0 Å². The Morgan fingerprint density at radius 1 is 0.692 bits per heavy atom. The molecule has 2 atom stereocenters. The van der Waals surface area contributed by atoms with E-state index in [9.17, 15) is 0 Å². The molecule has 0 saturated carbocycles. The van der Waals surface area contributed by atoms with Crippen molar-refractivity contribution in [3.8, 4) is 0 Å². The standard InChI is InChI=1S/C26H38/c1-9-22-10-12-23(13-11-22)19(6)14-20(7)26-16-24(17(2)3)15-25(18(4)5)21(26)8/h10-13,15-20H,9,14H2,1-8H3. The third-order valence-electron chi connectivity index (χ3n) is 5.99. The summed E-state index contributed by atoms with van der Waals surface area (Å²) in [6.07, 6.45) is 2.32. The van der Waals surface area contributed by atoms with Gasteiger partial charge in [-0.3, -0.25) is 0 Å². The highest BCUT2D eigenvalue weighted by molar-refractivity contribution is 5.43. The first kappa shape index (κ1) is 20.7. The van der Waals surface area contributed by atoms with Crippen LogP contribution in [0.1, 0.15) is 112 Å². The molecule has 0 N–H and O–H groups in total. The molecule has 0 aliphatic rings. The predicted octanol–water partition coefficient (Wildman–Crippen LogP) is 8.10. The van der Waals surface area contributed by atoms with Gasteiger partial charge in [0.1, 0.15) is 0 Å². The molecule has 0 radical (unpaired) electrons. The summed E-state index contributed by atoms with van der Waals surface area (Å²) in [4.78, 5) is 0. The van der Waals surface area contributed by atoms with Gasteiger partial charge in [0, 0.05) is 0 Å². The molecule has 0 nitrogen and oxygen atoms in total. The van der Waals surface area contributed by atoms with Crippen molar-refractivity contribution < 1.29 is 0 Å². The Balaban J connectivity index is 2.28. The van der Waals surface area contributed by atoms with Gasteiger partial charge in [0.05, 0.1) is 0 Å². The van der Waals surface area contributed by atoms with Crippen molar-refractivity contribution in [2.75, 3.05) is 0 Å². The molecule has 0 bridgehead atoms. The van der Waals surface area contributed by atoms with E-state index in [1.54, 1.807) is 5.56 Å². The van der Waals surface area contributed by atoms with Crippen LogP contribution in [0.5, 0.6) is 0 Å². The van der Waals surface area contributed by atoms with E-state index < -0.39 is 0 Å². The number of aryl methyl sites for hydroxylation is 1. The first-order valence-corrected chi connectivity index (χ1v) is 10.5. The summed E-state index contributed by atoms with van der Waals surface area (Å²) in [5.74, 6) is 2.32. The lowest BCUT2D eigenvalue weighted by Crippen LogP contribution is -2.07. The monoisotopic (exact) mass is 350 g/mol. The van der Waals surface area contributed by atoms with Gasteiger partial charge in [-0.05, 0) is 76.8 Å². The Labute approximate surface area is 162 Å². The Bertz CT molecular complexity index is 704. The van der Waals surface area contributed by atoms with Gasteiger partial charge >= 0.3 is 0 Å². The van der Waals surface area contributed by atoms with Crippen LogP contribution in [-0.2, 0) is 6.42 Å². The van der Waals surface area contributed by atoms with E-state index in [-0.39, 0.29) is 0 Å². The zero-order chi connectivity index (χ0) is 19.4. The van der Waals surface area contributed by atoms with Gasteiger partial charge in [0.25, 0.3) is 0 Å². The highest BCUT2D eigenvalue weighted by Gasteiger charge is 2.18. The van der Waals surface area contributed by atoms with Crippen LogP contribution in [0, 0.1) is 6.92 Å². The van der Waals surface area contributed by atoms with E-state index >= 15 is 0 Å². The second kappa shape index (κ2) is 8.89. The van der Waals surface area contributed by atoms with Crippen LogP contribution in [0.3, 0.4) is 0 Å². The molecule has 0 aromatic heterocycles. The smallest absolute Gasteiger partial charge is 0.0182 e. The van der Waals surface area contributed by atoms with Gasteiger partial charge in [-0.2, -0.15) is 0 Å². The van der Waals surface area contributed by atoms with Crippen LogP contribution in [0.2, 0.25) is 0 Å². The highest BCUT2D eigenvalue weighted by atomic mass is 14.2. The lowest BCUT2D eigenvalue weighted by atomic mass is 9.81. The minimum absolute atomic E-state index is 0.576. The topological polar surface area (TPSA) is 0 Å². The minimum atomic E-state index is 0.576. The average Bonchev–Trinajstić information content (AvgIpc) is 2.61. The molecule has 2 aromatic carbocycles. The van der Waals surface area contributed by atoms with Gasteiger partial charge in [0.2, 0.25) is 0 Å². The average molecular weight is 351 g/mol. The van der Waals surface area contributed by atoms with E-state index in [1.807, 2.05) is 0 Å². The third kappa shape index (κ3) is 4.78. The summed E-state index contributed by atoms with van der Waals surface area (Å²) in [7, 11) is 0. The van der Waals surface area contributed by atoms with E-state index in [2.05, 4.69) is 91.8 Å². The van der Waals surface area contributed by atoms with Crippen LogP contribution in [0.25, 0.3) is 0 Å². The van der Waals surface area contributed by atoms with Crippen molar-refractivity contribution in [2.24, 2.45) is 0 Å². The summed E-state index contributed by atoms with van der Waals surface area (Å²) < 4.78 is 0. The molecule has 0 aliphatic heterocycles. The Hall–Kier alpha value is -1.56. The molecule has 0 spiro atoms. The second-order valence-corrected chi connectivity index (χ2v) is 8.77.